The molecule has 0 unspecified atom stereocenters. The van der Waals surface area contributed by atoms with E-state index in [1.54, 1.807) is 6.07 Å². The highest BCUT2D eigenvalue weighted by molar-refractivity contribution is 7.80. The lowest BCUT2D eigenvalue weighted by Gasteiger charge is -2.50. The fourth-order valence-corrected chi connectivity index (χ4v) is 6.50. The number of hydrogen-bond acceptors (Lipinski definition) is 5. The lowest BCUT2D eigenvalue weighted by atomic mass is 9.55. The lowest BCUT2D eigenvalue weighted by Crippen LogP contribution is -2.45. The highest BCUT2D eigenvalue weighted by atomic mass is 32.3. The van der Waals surface area contributed by atoms with E-state index in [0.29, 0.717) is 30.6 Å². The Morgan fingerprint density at radius 2 is 1.92 bits per heavy atom. The predicted molar refractivity (Wildman–Crippen MR) is 90.8 cm³/mol. The predicted octanol–water partition coefficient (Wildman–Crippen LogP) is 3.14. The number of fused-ring (bicyclic) bond motifs is 5. The van der Waals surface area contributed by atoms with Gasteiger partial charge in [-0.25, -0.2) is 4.18 Å². The number of aromatic hydroxyl groups is 2. The zero-order chi connectivity index (χ0) is 18.0. The second-order valence-electron chi connectivity index (χ2n) is 8.05. The smallest absolute Gasteiger partial charge is 0.397 e. The minimum atomic E-state index is -4.45. The van der Waals surface area contributed by atoms with Crippen molar-refractivity contribution in [3.63, 3.8) is 0 Å². The second kappa shape index (κ2) is 5.59. The molecule has 0 radical (unpaired) electrons. The molecular formula is C18H24O6S. The summed E-state index contributed by atoms with van der Waals surface area (Å²) in [5.74, 6) is 0.994. The van der Waals surface area contributed by atoms with E-state index in [0.717, 1.165) is 36.8 Å². The van der Waals surface area contributed by atoms with Gasteiger partial charge in [0.2, 0.25) is 0 Å². The number of hydrogen-bond donors (Lipinski definition) is 3. The molecule has 7 heteroatoms. The largest absolute Gasteiger partial charge is 0.504 e. The van der Waals surface area contributed by atoms with Crippen LogP contribution in [0.2, 0.25) is 0 Å². The molecule has 2 saturated carbocycles. The van der Waals surface area contributed by atoms with E-state index in [4.69, 9.17) is 8.74 Å². The van der Waals surface area contributed by atoms with Gasteiger partial charge in [-0.15, -0.1) is 0 Å². The van der Waals surface area contributed by atoms with E-state index < -0.39 is 16.5 Å². The molecule has 0 heterocycles. The molecule has 0 amide bonds. The van der Waals surface area contributed by atoms with Crippen molar-refractivity contribution in [3.05, 3.63) is 23.3 Å². The van der Waals surface area contributed by atoms with E-state index in [1.165, 1.54) is 0 Å². The lowest BCUT2D eigenvalue weighted by molar-refractivity contribution is -0.0123. The maximum Gasteiger partial charge on any atom is 0.397 e. The van der Waals surface area contributed by atoms with E-state index in [-0.39, 0.29) is 16.9 Å². The first kappa shape index (κ1) is 17.1. The second-order valence-corrected chi connectivity index (χ2v) is 9.10. The highest BCUT2D eigenvalue weighted by Crippen LogP contribution is 2.62. The van der Waals surface area contributed by atoms with Crippen molar-refractivity contribution < 1.29 is 27.4 Å². The van der Waals surface area contributed by atoms with Crippen LogP contribution in [0.15, 0.2) is 12.1 Å². The average Bonchev–Trinajstić information content (AvgIpc) is 2.86. The summed E-state index contributed by atoms with van der Waals surface area (Å²) < 4.78 is 36.5. The summed E-state index contributed by atoms with van der Waals surface area (Å²) in [6, 6.07) is 3.48. The highest BCUT2D eigenvalue weighted by Gasteiger charge is 2.56. The van der Waals surface area contributed by atoms with Crippen molar-refractivity contribution in [2.24, 2.45) is 17.3 Å². The summed E-state index contributed by atoms with van der Waals surface area (Å²) in [5.41, 5.74) is 1.72. The number of rotatable bonds is 2. The molecule has 5 atom stereocenters. The van der Waals surface area contributed by atoms with Gasteiger partial charge in [0.1, 0.15) is 0 Å². The zero-order valence-electron chi connectivity index (χ0n) is 14.2. The molecule has 3 N–H and O–H groups in total. The molecule has 25 heavy (non-hydrogen) atoms. The number of phenols is 2. The van der Waals surface area contributed by atoms with Crippen LogP contribution in [0.4, 0.5) is 0 Å². The first-order valence-electron chi connectivity index (χ1n) is 8.90. The Bertz CT molecular complexity index is 804. The third-order valence-electron chi connectivity index (χ3n) is 7.01. The van der Waals surface area contributed by atoms with Crippen molar-refractivity contribution in [2.75, 3.05) is 0 Å². The van der Waals surface area contributed by atoms with Crippen molar-refractivity contribution in [3.8, 4) is 11.5 Å². The quantitative estimate of drug-likeness (QED) is 0.547. The fraction of sp³-hybridized carbons (Fsp3) is 0.667. The monoisotopic (exact) mass is 368 g/mol. The third kappa shape index (κ3) is 2.64. The molecule has 1 aromatic carbocycles. The summed E-state index contributed by atoms with van der Waals surface area (Å²) in [4.78, 5) is 0. The van der Waals surface area contributed by atoms with E-state index >= 15 is 0 Å². The van der Waals surface area contributed by atoms with Gasteiger partial charge in [0.05, 0.1) is 6.10 Å². The molecule has 1 aromatic rings. The Morgan fingerprint density at radius 3 is 2.64 bits per heavy atom. The van der Waals surface area contributed by atoms with Crippen LogP contribution < -0.4 is 0 Å². The van der Waals surface area contributed by atoms with Crippen LogP contribution in [-0.2, 0) is 21.0 Å². The summed E-state index contributed by atoms with van der Waals surface area (Å²) in [5, 5.41) is 19.9. The summed E-state index contributed by atoms with van der Waals surface area (Å²) in [6.45, 7) is 2.08. The fourth-order valence-electron chi connectivity index (χ4n) is 5.89. The Balaban J connectivity index is 1.65. The van der Waals surface area contributed by atoms with Crippen molar-refractivity contribution in [1.29, 1.82) is 0 Å². The zero-order valence-corrected chi connectivity index (χ0v) is 15.0. The first-order valence-corrected chi connectivity index (χ1v) is 10.3. The van der Waals surface area contributed by atoms with E-state index in [9.17, 15) is 18.6 Å². The Hall–Kier alpha value is -1.31. The number of phenolic OH excluding ortho intramolecular Hbond substituents is 2. The molecule has 0 aliphatic heterocycles. The van der Waals surface area contributed by atoms with Crippen molar-refractivity contribution in [1.82, 2.24) is 0 Å². The molecule has 138 valence electrons. The van der Waals surface area contributed by atoms with Crippen LogP contribution in [0.5, 0.6) is 11.5 Å². The van der Waals surface area contributed by atoms with Crippen LogP contribution in [0.1, 0.15) is 56.1 Å². The van der Waals surface area contributed by atoms with Gasteiger partial charge in [-0.1, -0.05) is 13.0 Å². The molecule has 6 nitrogen and oxygen atoms in total. The van der Waals surface area contributed by atoms with Crippen LogP contribution in [0.25, 0.3) is 0 Å². The first-order chi connectivity index (χ1) is 11.7. The van der Waals surface area contributed by atoms with Crippen LogP contribution in [-0.4, -0.2) is 29.3 Å². The van der Waals surface area contributed by atoms with Gasteiger partial charge in [-0.2, -0.15) is 8.42 Å². The third-order valence-corrected chi connectivity index (χ3v) is 7.49. The summed E-state index contributed by atoms with van der Waals surface area (Å²) in [7, 11) is -4.45. The molecule has 2 fully saturated rings. The molecule has 4 rings (SSSR count). The summed E-state index contributed by atoms with van der Waals surface area (Å²) in [6.07, 6.45) is 4.39. The molecule has 0 spiro atoms. The normalized spacial score (nSPS) is 37.2. The van der Waals surface area contributed by atoms with Crippen LogP contribution in [0, 0.1) is 17.3 Å². The van der Waals surface area contributed by atoms with Gasteiger partial charge in [0.15, 0.2) is 11.5 Å². The maximum atomic E-state index is 11.2. The van der Waals surface area contributed by atoms with Crippen LogP contribution in [0.3, 0.4) is 0 Å². The molecule has 0 saturated heterocycles. The molecular weight excluding hydrogens is 344 g/mol. The molecule has 3 aliphatic carbocycles. The van der Waals surface area contributed by atoms with E-state index in [2.05, 4.69) is 6.92 Å². The minimum Gasteiger partial charge on any atom is -0.504 e. The Kier molecular flexibility index (Phi) is 3.83. The topological polar surface area (TPSA) is 104 Å². The van der Waals surface area contributed by atoms with Gasteiger partial charge in [-0.05, 0) is 73.3 Å². The SMILES string of the molecule is C[C@]12CC[C@@H]3c4ccc(O)c(O)c4CC[C@H]3[C@@H]1CC[C@@H]2OS(=O)(=O)O. The van der Waals surface area contributed by atoms with Crippen molar-refractivity contribution >= 4 is 10.4 Å². The molecule has 3 aliphatic rings. The van der Waals surface area contributed by atoms with Gasteiger partial charge in [0, 0.05) is 5.56 Å². The van der Waals surface area contributed by atoms with Crippen LogP contribution >= 0.6 is 0 Å². The van der Waals surface area contributed by atoms with Gasteiger partial charge in [-0.3, -0.25) is 4.55 Å². The Morgan fingerprint density at radius 1 is 1.16 bits per heavy atom. The van der Waals surface area contributed by atoms with Gasteiger partial charge in [0.25, 0.3) is 0 Å². The maximum absolute atomic E-state index is 11.2. The molecule has 0 bridgehead atoms. The molecule has 0 aromatic heterocycles. The van der Waals surface area contributed by atoms with Crippen molar-refractivity contribution in [2.45, 2.75) is 57.5 Å². The average molecular weight is 368 g/mol. The number of benzene rings is 1. The van der Waals surface area contributed by atoms with Gasteiger partial charge < -0.3 is 10.2 Å². The standard InChI is InChI=1S/C18H24O6S/c1-18-9-8-11-10-4-6-15(19)17(20)13(10)3-2-12(11)14(18)5-7-16(18)24-25(21,22)23/h4,6,11-12,14,16,19-20H,2-3,5,7-9H2,1H3,(H,21,22,23)/t11-,12-,14+,16+,18+/m1/s1. The van der Waals surface area contributed by atoms with Gasteiger partial charge >= 0.3 is 10.4 Å². The summed E-state index contributed by atoms with van der Waals surface area (Å²) >= 11 is 0. The van der Waals surface area contributed by atoms with E-state index in [1.807, 2.05) is 6.07 Å². The minimum absolute atomic E-state index is 0.00305. The Labute approximate surface area is 147 Å².